The van der Waals surface area contributed by atoms with Crippen LogP contribution in [0.1, 0.15) is 18.4 Å². The molecule has 3 rings (SSSR count). The number of carbonyl (C=O) groups excluding carboxylic acids is 1. The van der Waals surface area contributed by atoms with Crippen molar-refractivity contribution in [2.45, 2.75) is 17.7 Å². The third-order valence-electron chi connectivity index (χ3n) is 4.72. The summed E-state index contributed by atoms with van der Waals surface area (Å²) in [5, 5.41) is 9.90. The maximum atomic E-state index is 12.8. The average Bonchev–Trinajstić information content (AvgIpc) is 2.71. The van der Waals surface area contributed by atoms with Crippen LogP contribution in [0.5, 0.6) is 11.5 Å². The number of fused-ring (bicyclic) bond motifs is 1. The van der Waals surface area contributed by atoms with Gasteiger partial charge in [0.1, 0.15) is 11.5 Å². The van der Waals surface area contributed by atoms with Gasteiger partial charge in [0.05, 0.1) is 30.7 Å². The van der Waals surface area contributed by atoms with Gasteiger partial charge in [-0.2, -0.15) is 0 Å². The molecule has 0 aliphatic heterocycles. The Morgan fingerprint density at radius 3 is 2.31 bits per heavy atom. The van der Waals surface area contributed by atoms with Crippen molar-refractivity contribution in [2.75, 3.05) is 19.5 Å². The number of anilines is 1. The van der Waals surface area contributed by atoms with Crippen LogP contribution in [0.15, 0.2) is 59.5 Å². The Morgan fingerprint density at radius 2 is 1.66 bits per heavy atom. The molecule has 8 heteroatoms. The molecule has 0 aliphatic rings. The second-order valence-electron chi connectivity index (χ2n) is 6.59. The molecule has 3 N–H and O–H groups in total. The predicted octanol–water partition coefficient (Wildman–Crippen LogP) is 3.25. The minimum absolute atomic E-state index is 0.110. The van der Waals surface area contributed by atoms with E-state index in [-0.39, 0.29) is 16.5 Å². The third-order valence-corrected chi connectivity index (χ3v) is 5.63. The Hall–Kier alpha value is -3.10. The van der Waals surface area contributed by atoms with Gasteiger partial charge >= 0.3 is 0 Å². The van der Waals surface area contributed by atoms with E-state index >= 15 is 0 Å². The fraction of sp³-hybridized carbons (Fsp3) is 0.190. The summed E-state index contributed by atoms with van der Waals surface area (Å²) in [5.41, 5.74) is 1.06. The molecule has 0 saturated carbocycles. The van der Waals surface area contributed by atoms with E-state index in [0.29, 0.717) is 5.75 Å². The fourth-order valence-electron chi connectivity index (χ4n) is 2.99. The van der Waals surface area contributed by atoms with Crippen molar-refractivity contribution in [2.24, 2.45) is 5.14 Å². The maximum Gasteiger partial charge on any atom is 0.238 e. The first kappa shape index (κ1) is 20.6. The summed E-state index contributed by atoms with van der Waals surface area (Å²) >= 11 is 0. The summed E-state index contributed by atoms with van der Waals surface area (Å²) in [6.45, 7) is 1.77. The first-order valence-corrected chi connectivity index (χ1v) is 10.4. The zero-order chi connectivity index (χ0) is 21.2. The zero-order valence-electron chi connectivity index (χ0n) is 16.3. The Labute approximate surface area is 169 Å². The number of sulfonamides is 1. The number of carbonyl (C=O) groups is 1. The van der Waals surface area contributed by atoms with Gasteiger partial charge in [0.2, 0.25) is 15.9 Å². The van der Waals surface area contributed by atoms with Crippen LogP contribution < -0.4 is 19.9 Å². The number of methoxy groups -OCH3 is 2. The average molecular weight is 414 g/mol. The summed E-state index contributed by atoms with van der Waals surface area (Å²) in [6.07, 6.45) is 0. The van der Waals surface area contributed by atoms with E-state index in [1.165, 1.54) is 25.3 Å². The molecule has 0 radical (unpaired) electrons. The lowest BCUT2D eigenvalue weighted by atomic mass is 9.97. The smallest absolute Gasteiger partial charge is 0.238 e. The second kappa shape index (κ2) is 8.10. The molecule has 29 heavy (non-hydrogen) atoms. The Balaban J connectivity index is 1.88. The Bertz CT molecular complexity index is 1170. The number of primary sulfonamides is 1. The lowest BCUT2D eigenvalue weighted by Crippen LogP contribution is -2.20. The van der Waals surface area contributed by atoms with E-state index in [1.807, 2.05) is 36.4 Å². The highest BCUT2D eigenvalue weighted by Crippen LogP contribution is 2.30. The molecule has 0 aliphatic carbocycles. The highest BCUT2D eigenvalue weighted by Gasteiger charge is 2.19. The van der Waals surface area contributed by atoms with Gasteiger partial charge in [-0.05, 0) is 53.6 Å². The first-order valence-electron chi connectivity index (χ1n) is 8.82. The van der Waals surface area contributed by atoms with Crippen molar-refractivity contribution < 1.29 is 22.7 Å². The highest BCUT2D eigenvalue weighted by atomic mass is 32.2. The van der Waals surface area contributed by atoms with Gasteiger partial charge in [-0.25, -0.2) is 13.6 Å². The molecule has 0 heterocycles. The number of nitrogens with two attached hydrogens (primary N) is 1. The molecule has 0 aromatic heterocycles. The van der Waals surface area contributed by atoms with Gasteiger partial charge in [0.25, 0.3) is 0 Å². The number of amides is 1. The quantitative estimate of drug-likeness (QED) is 0.644. The molecular formula is C21H22N2O5S. The molecule has 0 bridgehead atoms. The van der Waals surface area contributed by atoms with Crippen molar-refractivity contribution >= 4 is 32.4 Å². The molecule has 152 valence electrons. The summed E-state index contributed by atoms with van der Waals surface area (Å²) in [6, 6.07) is 15.5. The first-order chi connectivity index (χ1) is 13.7. The lowest BCUT2D eigenvalue weighted by Gasteiger charge is -2.16. The van der Waals surface area contributed by atoms with E-state index in [0.717, 1.165) is 22.1 Å². The van der Waals surface area contributed by atoms with Crippen LogP contribution in [-0.4, -0.2) is 28.5 Å². The monoisotopic (exact) mass is 414 g/mol. The Morgan fingerprint density at radius 1 is 0.966 bits per heavy atom. The zero-order valence-corrected chi connectivity index (χ0v) is 17.1. The van der Waals surface area contributed by atoms with Gasteiger partial charge in [0.15, 0.2) is 0 Å². The minimum atomic E-state index is -3.91. The maximum absolute atomic E-state index is 12.8. The summed E-state index contributed by atoms with van der Waals surface area (Å²) < 4.78 is 33.7. The SMILES string of the molecule is COc1ccc2cc([C@@H](C)C(=O)Nc3cc(S(N)(=O)=O)ccc3OC)ccc2c1. The predicted molar refractivity (Wildman–Crippen MR) is 112 cm³/mol. The largest absolute Gasteiger partial charge is 0.497 e. The molecule has 0 saturated heterocycles. The van der Waals surface area contributed by atoms with Crippen LogP contribution in [0.2, 0.25) is 0 Å². The van der Waals surface area contributed by atoms with Crippen molar-refractivity contribution in [1.82, 2.24) is 0 Å². The van der Waals surface area contributed by atoms with Crippen LogP contribution >= 0.6 is 0 Å². The molecule has 1 amide bonds. The third kappa shape index (κ3) is 4.49. The van der Waals surface area contributed by atoms with E-state index in [9.17, 15) is 13.2 Å². The van der Waals surface area contributed by atoms with Crippen molar-refractivity contribution in [1.29, 1.82) is 0 Å². The molecule has 1 atom stereocenters. The highest BCUT2D eigenvalue weighted by molar-refractivity contribution is 7.89. The number of hydrogen-bond donors (Lipinski definition) is 2. The Kier molecular flexibility index (Phi) is 5.76. The number of benzene rings is 3. The molecule has 7 nitrogen and oxygen atoms in total. The van der Waals surface area contributed by atoms with Gasteiger partial charge in [0, 0.05) is 0 Å². The summed E-state index contributed by atoms with van der Waals surface area (Å²) in [7, 11) is -0.860. The molecule has 3 aromatic rings. The van der Waals surface area contributed by atoms with Crippen LogP contribution in [0.3, 0.4) is 0 Å². The molecule has 0 unspecified atom stereocenters. The van der Waals surface area contributed by atoms with Gasteiger partial charge in [-0.3, -0.25) is 4.79 Å². The van der Waals surface area contributed by atoms with Crippen LogP contribution in [0.25, 0.3) is 10.8 Å². The number of nitrogens with one attached hydrogen (secondary N) is 1. The van der Waals surface area contributed by atoms with Crippen molar-refractivity contribution in [3.05, 3.63) is 60.2 Å². The topological polar surface area (TPSA) is 108 Å². The molecular weight excluding hydrogens is 392 g/mol. The standard InChI is InChI=1S/C21H22N2O5S/c1-13(14-4-5-16-11-17(27-2)7-6-15(16)10-14)21(24)23-19-12-18(29(22,25)26)8-9-20(19)28-3/h4-13H,1-3H3,(H,23,24)(H2,22,25,26)/t13-/m1/s1. The van der Waals surface area contributed by atoms with Crippen molar-refractivity contribution in [3.8, 4) is 11.5 Å². The van der Waals surface area contributed by atoms with Crippen LogP contribution in [0, 0.1) is 0 Å². The van der Waals surface area contributed by atoms with Gasteiger partial charge < -0.3 is 14.8 Å². The number of ether oxygens (including phenoxy) is 2. The summed E-state index contributed by atoms with van der Waals surface area (Å²) in [5.74, 6) is 0.313. The summed E-state index contributed by atoms with van der Waals surface area (Å²) in [4.78, 5) is 12.7. The number of hydrogen-bond acceptors (Lipinski definition) is 5. The van der Waals surface area contributed by atoms with Gasteiger partial charge in [-0.1, -0.05) is 24.3 Å². The normalized spacial score (nSPS) is 12.4. The second-order valence-corrected chi connectivity index (χ2v) is 8.15. The van der Waals surface area contributed by atoms with Crippen LogP contribution in [-0.2, 0) is 14.8 Å². The van der Waals surface area contributed by atoms with E-state index in [2.05, 4.69) is 5.32 Å². The fourth-order valence-corrected chi connectivity index (χ4v) is 3.53. The molecule has 3 aromatic carbocycles. The molecule has 0 fully saturated rings. The van der Waals surface area contributed by atoms with E-state index in [4.69, 9.17) is 14.6 Å². The number of rotatable bonds is 6. The van der Waals surface area contributed by atoms with Crippen LogP contribution in [0.4, 0.5) is 5.69 Å². The minimum Gasteiger partial charge on any atom is -0.497 e. The molecule has 0 spiro atoms. The lowest BCUT2D eigenvalue weighted by molar-refractivity contribution is -0.117. The van der Waals surface area contributed by atoms with Crippen molar-refractivity contribution in [3.63, 3.8) is 0 Å². The van der Waals surface area contributed by atoms with Gasteiger partial charge in [-0.15, -0.1) is 0 Å². The van der Waals surface area contributed by atoms with E-state index < -0.39 is 15.9 Å². The van der Waals surface area contributed by atoms with E-state index in [1.54, 1.807) is 14.0 Å².